The number of esters is 4. The summed E-state index contributed by atoms with van der Waals surface area (Å²) in [6.07, 6.45) is 66.2. The molecule has 0 aromatic carbocycles. The second kappa shape index (κ2) is 68.0. The van der Waals surface area contributed by atoms with E-state index in [1.54, 1.807) is 0 Å². The van der Waals surface area contributed by atoms with Crippen LogP contribution in [0.4, 0.5) is 0 Å². The fourth-order valence-electron chi connectivity index (χ4n) is 9.89. The molecule has 5 unspecified atom stereocenters. The van der Waals surface area contributed by atoms with E-state index in [1.807, 2.05) is 0 Å². The van der Waals surface area contributed by atoms with Crippen molar-refractivity contribution in [1.82, 2.24) is 0 Å². The number of unbranched alkanes of at least 4 members (excludes halogenated alkanes) is 32. The van der Waals surface area contributed by atoms with Gasteiger partial charge in [0.2, 0.25) is 0 Å². The number of rotatable bonds is 70. The first kappa shape index (κ1) is 90.5. The molecule has 0 aliphatic carbocycles. The molecule has 5 atom stereocenters. The van der Waals surface area contributed by atoms with Crippen LogP contribution in [-0.4, -0.2) is 96.7 Å². The van der Waals surface area contributed by atoms with Crippen molar-refractivity contribution in [2.24, 2.45) is 0 Å². The summed E-state index contributed by atoms with van der Waals surface area (Å²) in [4.78, 5) is 72.6. The van der Waals surface area contributed by atoms with Gasteiger partial charge in [0.15, 0.2) is 12.2 Å². The molecule has 3 N–H and O–H groups in total. The highest BCUT2D eigenvalue weighted by Gasteiger charge is 2.30. The minimum Gasteiger partial charge on any atom is -0.462 e. The van der Waals surface area contributed by atoms with Crippen LogP contribution in [0.25, 0.3) is 0 Å². The van der Waals surface area contributed by atoms with Gasteiger partial charge in [0.05, 0.1) is 26.4 Å². The van der Waals surface area contributed by atoms with Crippen LogP contribution in [0.15, 0.2) is 72.9 Å². The fraction of sp³-hybridized carbons (Fsp3) is 0.787. The Morgan fingerprint density at radius 3 is 0.904 bits per heavy atom. The number of ether oxygens (including phenoxy) is 4. The number of hydrogen-bond acceptors (Lipinski definition) is 15. The Bertz CT molecular complexity index is 2070. The Balaban J connectivity index is 5.29. The van der Waals surface area contributed by atoms with Crippen LogP contribution in [-0.2, 0) is 65.4 Å². The minimum atomic E-state index is -4.97. The quantitative estimate of drug-likeness (QED) is 0.0169. The van der Waals surface area contributed by atoms with Gasteiger partial charge in [-0.3, -0.25) is 37.3 Å². The number of hydrogen-bond donors (Lipinski definition) is 3. The molecule has 0 spiro atoms. The summed E-state index contributed by atoms with van der Waals surface area (Å²) in [6.45, 7) is 4.71. The summed E-state index contributed by atoms with van der Waals surface area (Å²) < 4.78 is 68.3. The second-order valence-electron chi connectivity index (χ2n) is 24.9. The van der Waals surface area contributed by atoms with Crippen molar-refractivity contribution in [3.05, 3.63) is 72.9 Å². The minimum absolute atomic E-state index is 0.0776. The van der Waals surface area contributed by atoms with Crippen LogP contribution in [0.5, 0.6) is 0 Å². The Morgan fingerprint density at radius 2 is 0.553 bits per heavy atom. The van der Waals surface area contributed by atoms with Crippen molar-refractivity contribution in [2.75, 3.05) is 39.6 Å². The zero-order chi connectivity index (χ0) is 69.0. The fourth-order valence-corrected chi connectivity index (χ4v) is 11.5. The van der Waals surface area contributed by atoms with Crippen LogP contribution in [0.2, 0.25) is 0 Å². The molecular formula is C75H134O17P2. The average molecular weight is 1370 g/mol. The SMILES string of the molecule is CCC/C=C\C/C=C\CCCCCCCC(=O)OC(COC(=O)CCCCCCCC/C=C\C/C=C\C/C=C\CCCCC)COP(=O)(O)OCC(O)COP(=O)(O)OCC(COC(=O)CCCCCCC/C=C\CCCC)OC(=O)CCCCCCCCCCCCC. The first-order chi connectivity index (χ1) is 45.7. The zero-order valence-electron chi connectivity index (χ0n) is 59.4. The molecule has 0 aliphatic rings. The third kappa shape index (κ3) is 67.1. The topological polar surface area (TPSA) is 237 Å². The Hall–Kier alpha value is -3.50. The standard InChI is InChI=1S/C75H134O17P2/c1-5-9-13-17-21-25-29-31-32-33-34-35-36-38-41-44-48-52-56-60-73(78)86-66-71(92-75(80)62-58-54-50-46-42-37-30-26-22-18-14-10-6-2)68-90-94(83,84)88-64-69(76)63-87-93(81,82)89-67-70(91-74(79)61-57-53-49-45-40-28-24-20-16-12-8-4)65-85-72(77)59-55-51-47-43-39-27-23-19-15-11-7-3/h14,18-19,21,23,25-26,30-32,34-35,69-71,76H,5-13,15-17,20,22,24,27-29,33,36-68H2,1-4H3,(H,81,82)(H,83,84)/b18-14-,23-19-,25-21-,30-26-,32-31-,35-34-. The van der Waals surface area contributed by atoms with Crippen LogP contribution in [0.3, 0.4) is 0 Å². The van der Waals surface area contributed by atoms with E-state index >= 15 is 0 Å². The van der Waals surface area contributed by atoms with Gasteiger partial charge in [0, 0.05) is 25.7 Å². The number of aliphatic hydroxyl groups excluding tert-OH is 1. The highest BCUT2D eigenvalue weighted by Crippen LogP contribution is 2.45. The van der Waals surface area contributed by atoms with Crippen molar-refractivity contribution in [3.8, 4) is 0 Å². The summed E-state index contributed by atoms with van der Waals surface area (Å²) in [7, 11) is -9.94. The third-order valence-electron chi connectivity index (χ3n) is 15.6. The summed E-state index contributed by atoms with van der Waals surface area (Å²) in [5.74, 6) is -2.20. The first-order valence-corrected chi connectivity index (χ1v) is 40.2. The Morgan fingerprint density at radius 1 is 0.298 bits per heavy atom. The maximum atomic E-state index is 13.0. The molecule has 0 radical (unpaired) electrons. The molecule has 0 saturated heterocycles. The van der Waals surface area contributed by atoms with E-state index in [0.29, 0.717) is 25.7 Å². The molecule has 0 bridgehead atoms. The zero-order valence-corrected chi connectivity index (χ0v) is 61.2. The van der Waals surface area contributed by atoms with Crippen molar-refractivity contribution < 1.29 is 80.2 Å². The summed E-state index contributed by atoms with van der Waals surface area (Å²) in [5.41, 5.74) is 0. The predicted molar refractivity (Wildman–Crippen MR) is 381 cm³/mol. The molecular weight excluding hydrogens is 1230 g/mol. The van der Waals surface area contributed by atoms with Gasteiger partial charge in [-0.25, -0.2) is 9.13 Å². The molecule has 0 fully saturated rings. The average Bonchev–Trinajstić information content (AvgIpc) is 1.34. The van der Waals surface area contributed by atoms with Gasteiger partial charge in [0.1, 0.15) is 19.3 Å². The smallest absolute Gasteiger partial charge is 0.462 e. The normalized spacial score (nSPS) is 14.4. The molecule has 0 rings (SSSR count). The van der Waals surface area contributed by atoms with E-state index in [-0.39, 0.29) is 25.7 Å². The molecule has 0 heterocycles. The van der Waals surface area contributed by atoms with Crippen LogP contribution in [0.1, 0.15) is 323 Å². The molecule has 17 nitrogen and oxygen atoms in total. The van der Waals surface area contributed by atoms with Gasteiger partial charge in [-0.05, 0) is 109 Å². The highest BCUT2D eigenvalue weighted by molar-refractivity contribution is 7.47. The van der Waals surface area contributed by atoms with Crippen LogP contribution < -0.4 is 0 Å². The summed E-state index contributed by atoms with van der Waals surface area (Å²) >= 11 is 0. The first-order valence-electron chi connectivity index (χ1n) is 37.2. The van der Waals surface area contributed by atoms with Crippen molar-refractivity contribution in [2.45, 2.75) is 341 Å². The van der Waals surface area contributed by atoms with Gasteiger partial charge in [-0.15, -0.1) is 0 Å². The predicted octanol–water partition coefficient (Wildman–Crippen LogP) is 20.9. The largest absolute Gasteiger partial charge is 0.472 e. The van der Waals surface area contributed by atoms with Gasteiger partial charge in [-0.1, -0.05) is 261 Å². The maximum absolute atomic E-state index is 13.0. The van der Waals surface area contributed by atoms with Gasteiger partial charge >= 0.3 is 39.5 Å². The molecule has 0 aromatic heterocycles. The molecule has 0 amide bonds. The van der Waals surface area contributed by atoms with E-state index < -0.39 is 97.5 Å². The van der Waals surface area contributed by atoms with Crippen molar-refractivity contribution in [1.29, 1.82) is 0 Å². The van der Waals surface area contributed by atoms with E-state index in [9.17, 15) is 43.2 Å². The number of aliphatic hydroxyl groups is 1. The van der Waals surface area contributed by atoms with Crippen molar-refractivity contribution >= 4 is 39.5 Å². The third-order valence-corrected chi connectivity index (χ3v) is 17.5. The maximum Gasteiger partial charge on any atom is 0.472 e. The van der Waals surface area contributed by atoms with Gasteiger partial charge in [0.25, 0.3) is 0 Å². The molecule has 19 heteroatoms. The molecule has 0 aliphatic heterocycles. The summed E-state index contributed by atoms with van der Waals surface area (Å²) in [5, 5.41) is 10.6. The van der Waals surface area contributed by atoms with Gasteiger partial charge in [-0.2, -0.15) is 0 Å². The molecule has 0 aromatic rings. The van der Waals surface area contributed by atoms with E-state index in [4.69, 9.17) is 37.0 Å². The lowest BCUT2D eigenvalue weighted by Gasteiger charge is -2.21. The second-order valence-corrected chi connectivity index (χ2v) is 27.8. The van der Waals surface area contributed by atoms with Crippen LogP contribution >= 0.6 is 15.6 Å². The molecule has 94 heavy (non-hydrogen) atoms. The van der Waals surface area contributed by atoms with Crippen molar-refractivity contribution in [3.63, 3.8) is 0 Å². The van der Waals surface area contributed by atoms with Gasteiger partial charge < -0.3 is 33.8 Å². The highest BCUT2D eigenvalue weighted by atomic mass is 31.2. The molecule has 0 saturated carbocycles. The lowest BCUT2D eigenvalue weighted by molar-refractivity contribution is -0.161. The van der Waals surface area contributed by atoms with E-state index in [2.05, 4.69) is 101 Å². The van der Waals surface area contributed by atoms with E-state index in [0.717, 1.165) is 173 Å². The Kier molecular flexibility index (Phi) is 65.5. The number of phosphoric ester groups is 2. The van der Waals surface area contributed by atoms with E-state index in [1.165, 1.54) is 70.6 Å². The Labute approximate surface area is 571 Å². The lowest BCUT2D eigenvalue weighted by Crippen LogP contribution is -2.30. The molecule has 546 valence electrons. The summed E-state index contributed by atoms with van der Waals surface area (Å²) in [6, 6.07) is 0. The number of phosphoric acid groups is 2. The monoisotopic (exact) mass is 1370 g/mol. The van der Waals surface area contributed by atoms with Crippen LogP contribution in [0, 0.1) is 0 Å². The number of carbonyl (C=O) groups is 4. The number of carbonyl (C=O) groups excluding carboxylic acids is 4. The number of allylic oxidation sites excluding steroid dienone is 12. The lowest BCUT2D eigenvalue weighted by atomic mass is 10.1.